The molecule has 26 heavy (non-hydrogen) atoms. The molecule has 0 aliphatic rings. The van der Waals surface area contributed by atoms with Gasteiger partial charge >= 0.3 is 0 Å². The minimum atomic E-state index is -1.06. The van der Waals surface area contributed by atoms with Gasteiger partial charge in [-0.25, -0.2) is 8.78 Å². The quantitative estimate of drug-likeness (QED) is 0.781. The van der Waals surface area contributed by atoms with Gasteiger partial charge in [0.15, 0.2) is 17.4 Å². The summed E-state index contributed by atoms with van der Waals surface area (Å²) < 4.78 is 40.0. The Morgan fingerprint density at radius 1 is 0.962 bits per heavy atom. The van der Waals surface area contributed by atoms with Crippen LogP contribution in [0.1, 0.15) is 31.4 Å². The maximum atomic E-state index is 14.8. The van der Waals surface area contributed by atoms with E-state index in [1.54, 1.807) is 24.3 Å². The van der Waals surface area contributed by atoms with E-state index in [1.165, 1.54) is 12.1 Å². The molecule has 0 fully saturated rings. The molecular weight excluding hydrogens is 340 g/mol. The average molecular weight is 357 g/mol. The van der Waals surface area contributed by atoms with Crippen LogP contribution in [0.5, 0.6) is 11.5 Å². The number of hydrogen-bond donors (Lipinski definition) is 1. The van der Waals surface area contributed by atoms with E-state index in [4.69, 9.17) is 20.0 Å². The van der Waals surface area contributed by atoms with Gasteiger partial charge in [0.2, 0.25) is 0 Å². The number of nitrogens with zero attached hydrogens (tertiary/aromatic N) is 2. The largest absolute Gasteiger partial charge is 0.494 e. The molecule has 134 valence electrons. The Morgan fingerprint density at radius 3 is 2.12 bits per heavy atom. The summed E-state index contributed by atoms with van der Waals surface area (Å²) in [5, 5.41) is 20.9. The summed E-state index contributed by atoms with van der Waals surface area (Å²) in [4.78, 5) is 0. The standard InChI is InChI=1S/C19H17F2N3O2/c1-3-9-26-19-17(21)15(11-23)14(10-22)16(20)18(19)24-12-5-7-13(8-6-12)25-4-2/h5-8,24H,3-4,9H2,1-2H3. The van der Waals surface area contributed by atoms with Crippen molar-refractivity contribution in [3.63, 3.8) is 0 Å². The van der Waals surface area contributed by atoms with Crippen molar-refractivity contribution in [2.45, 2.75) is 20.3 Å². The van der Waals surface area contributed by atoms with Crippen LogP contribution in [0.4, 0.5) is 20.2 Å². The van der Waals surface area contributed by atoms with Crippen LogP contribution < -0.4 is 14.8 Å². The third-order valence-corrected chi connectivity index (χ3v) is 3.44. The van der Waals surface area contributed by atoms with E-state index in [0.717, 1.165) is 0 Å². The first-order valence-corrected chi connectivity index (χ1v) is 8.05. The number of nitrogens with one attached hydrogen (secondary N) is 1. The Kier molecular flexibility index (Phi) is 6.35. The van der Waals surface area contributed by atoms with E-state index >= 15 is 0 Å². The average Bonchev–Trinajstić information content (AvgIpc) is 2.65. The monoisotopic (exact) mass is 357 g/mol. The third-order valence-electron chi connectivity index (χ3n) is 3.44. The fraction of sp³-hybridized carbons (Fsp3) is 0.263. The Bertz CT molecular complexity index is 869. The molecule has 0 heterocycles. The first-order valence-electron chi connectivity index (χ1n) is 8.05. The fourth-order valence-electron chi connectivity index (χ4n) is 2.27. The van der Waals surface area contributed by atoms with Crippen molar-refractivity contribution in [2.75, 3.05) is 18.5 Å². The molecule has 0 spiro atoms. The lowest BCUT2D eigenvalue weighted by Gasteiger charge is -2.17. The fourth-order valence-corrected chi connectivity index (χ4v) is 2.27. The van der Waals surface area contributed by atoms with Crippen LogP contribution in [0.15, 0.2) is 24.3 Å². The maximum Gasteiger partial charge on any atom is 0.186 e. The molecule has 0 amide bonds. The molecule has 0 radical (unpaired) electrons. The number of hydrogen-bond acceptors (Lipinski definition) is 5. The molecule has 0 saturated heterocycles. The Morgan fingerprint density at radius 2 is 1.58 bits per heavy atom. The van der Waals surface area contributed by atoms with Gasteiger partial charge in [0, 0.05) is 5.69 Å². The Hall–Kier alpha value is -3.32. The summed E-state index contributed by atoms with van der Waals surface area (Å²) in [7, 11) is 0. The van der Waals surface area contributed by atoms with Gasteiger partial charge in [0.1, 0.15) is 34.7 Å². The van der Waals surface area contributed by atoms with E-state index in [1.807, 2.05) is 13.8 Å². The predicted octanol–water partition coefficient (Wildman–Crippen LogP) is 4.64. The van der Waals surface area contributed by atoms with Gasteiger partial charge in [0.25, 0.3) is 0 Å². The molecule has 0 aromatic heterocycles. The molecule has 0 aliphatic carbocycles. The number of rotatable bonds is 7. The van der Waals surface area contributed by atoms with Crippen molar-refractivity contribution in [3.05, 3.63) is 47.0 Å². The number of halogens is 2. The highest BCUT2D eigenvalue weighted by Crippen LogP contribution is 2.38. The molecule has 1 N–H and O–H groups in total. The van der Waals surface area contributed by atoms with Gasteiger partial charge in [-0.1, -0.05) is 6.92 Å². The van der Waals surface area contributed by atoms with Crippen molar-refractivity contribution >= 4 is 11.4 Å². The van der Waals surface area contributed by atoms with Crippen LogP contribution >= 0.6 is 0 Å². The first-order chi connectivity index (χ1) is 12.6. The van der Waals surface area contributed by atoms with Gasteiger partial charge in [-0.05, 0) is 37.6 Å². The van der Waals surface area contributed by atoms with E-state index < -0.39 is 28.5 Å². The molecule has 2 aromatic carbocycles. The number of nitriles is 2. The minimum Gasteiger partial charge on any atom is -0.494 e. The van der Waals surface area contributed by atoms with E-state index in [9.17, 15) is 8.78 Å². The zero-order valence-corrected chi connectivity index (χ0v) is 14.4. The Balaban J connectivity index is 2.53. The van der Waals surface area contributed by atoms with Gasteiger partial charge in [-0.15, -0.1) is 0 Å². The molecule has 0 unspecified atom stereocenters. The summed E-state index contributed by atoms with van der Waals surface area (Å²) in [5.41, 5.74) is -1.21. The lowest BCUT2D eigenvalue weighted by Crippen LogP contribution is -2.08. The minimum absolute atomic E-state index is 0.130. The topological polar surface area (TPSA) is 78.1 Å². The lowest BCUT2D eigenvalue weighted by atomic mass is 10.1. The zero-order chi connectivity index (χ0) is 19.1. The molecule has 0 atom stereocenters. The van der Waals surface area contributed by atoms with E-state index in [2.05, 4.69) is 5.32 Å². The van der Waals surface area contributed by atoms with Crippen molar-refractivity contribution in [2.24, 2.45) is 0 Å². The summed E-state index contributed by atoms with van der Waals surface area (Å²) in [5.74, 6) is -1.89. The van der Waals surface area contributed by atoms with Crippen LogP contribution in [0.3, 0.4) is 0 Å². The van der Waals surface area contributed by atoms with Gasteiger partial charge < -0.3 is 14.8 Å². The van der Waals surface area contributed by atoms with Crippen molar-refractivity contribution in [1.82, 2.24) is 0 Å². The van der Waals surface area contributed by atoms with Crippen LogP contribution in [-0.4, -0.2) is 13.2 Å². The second-order valence-corrected chi connectivity index (χ2v) is 5.24. The van der Waals surface area contributed by atoms with Crippen molar-refractivity contribution in [3.8, 4) is 23.6 Å². The van der Waals surface area contributed by atoms with Gasteiger partial charge in [0.05, 0.1) is 13.2 Å². The summed E-state index contributed by atoms with van der Waals surface area (Å²) >= 11 is 0. The van der Waals surface area contributed by atoms with Crippen molar-refractivity contribution < 1.29 is 18.3 Å². The highest BCUT2D eigenvalue weighted by atomic mass is 19.1. The molecule has 2 aromatic rings. The Labute approximate surface area is 150 Å². The van der Waals surface area contributed by atoms with Crippen LogP contribution in [0.2, 0.25) is 0 Å². The second kappa shape index (κ2) is 8.68. The van der Waals surface area contributed by atoms with Gasteiger partial charge in [-0.3, -0.25) is 0 Å². The van der Waals surface area contributed by atoms with Crippen LogP contribution in [-0.2, 0) is 0 Å². The zero-order valence-electron chi connectivity index (χ0n) is 14.4. The number of benzene rings is 2. The SMILES string of the molecule is CCCOc1c(F)c(C#N)c(C#N)c(F)c1Nc1ccc(OCC)cc1. The first kappa shape index (κ1) is 19.0. The smallest absolute Gasteiger partial charge is 0.186 e. The number of ether oxygens (including phenoxy) is 2. The van der Waals surface area contributed by atoms with Crippen LogP contribution in [0, 0.1) is 34.3 Å². The highest BCUT2D eigenvalue weighted by Gasteiger charge is 2.26. The molecule has 0 aliphatic heterocycles. The summed E-state index contributed by atoms with van der Waals surface area (Å²) in [6.45, 7) is 4.29. The van der Waals surface area contributed by atoms with E-state index in [-0.39, 0.29) is 12.3 Å². The molecule has 7 heteroatoms. The highest BCUT2D eigenvalue weighted by molar-refractivity contribution is 5.72. The van der Waals surface area contributed by atoms with Crippen LogP contribution in [0.25, 0.3) is 0 Å². The number of anilines is 2. The van der Waals surface area contributed by atoms with Gasteiger partial charge in [-0.2, -0.15) is 10.5 Å². The molecule has 5 nitrogen and oxygen atoms in total. The summed E-state index contributed by atoms with van der Waals surface area (Å²) in [6.07, 6.45) is 0.561. The third kappa shape index (κ3) is 3.84. The summed E-state index contributed by atoms with van der Waals surface area (Å²) in [6, 6.07) is 9.64. The molecular formula is C19H17F2N3O2. The van der Waals surface area contributed by atoms with E-state index in [0.29, 0.717) is 24.5 Å². The van der Waals surface area contributed by atoms with Crippen molar-refractivity contribution in [1.29, 1.82) is 10.5 Å². The maximum absolute atomic E-state index is 14.8. The normalized spacial score (nSPS) is 9.92. The second-order valence-electron chi connectivity index (χ2n) is 5.24. The molecule has 0 saturated carbocycles. The molecule has 2 rings (SSSR count). The predicted molar refractivity (Wildman–Crippen MR) is 92.5 cm³/mol. The molecule has 0 bridgehead atoms. The lowest BCUT2D eigenvalue weighted by molar-refractivity contribution is 0.301.